The lowest BCUT2D eigenvalue weighted by atomic mass is 9.81. The van der Waals surface area contributed by atoms with Crippen LogP contribution in [0.4, 0.5) is 0 Å². The smallest absolute Gasteiger partial charge is 0.335 e. The molecule has 0 bridgehead atoms. The first kappa shape index (κ1) is 120. The molecule has 2 aromatic carbocycles. The number of aromatic nitrogens is 2. The maximum absolute atomic E-state index is 14.0. The number of nitrogens with one attached hydrogen (secondary N) is 6. The first-order valence-corrected chi connectivity index (χ1v) is 47.8. The van der Waals surface area contributed by atoms with Gasteiger partial charge in [-0.25, -0.2) is 14.6 Å². The van der Waals surface area contributed by atoms with Crippen molar-refractivity contribution in [3.63, 3.8) is 0 Å². The molecule has 764 valence electrons. The molecule has 0 radical (unpaired) electrons. The van der Waals surface area contributed by atoms with Crippen molar-refractivity contribution in [1.82, 2.24) is 36.6 Å². The number of hydrogen-bond donors (Lipinski definition) is 12. The Labute approximate surface area is 797 Å². The number of H-pyrrole nitrogens is 1. The lowest BCUT2D eigenvalue weighted by molar-refractivity contribution is -0.144. The summed E-state index contributed by atoms with van der Waals surface area (Å²) in [6.45, 7) is 5.61. The van der Waals surface area contributed by atoms with Gasteiger partial charge in [0.2, 0.25) is 23.6 Å². The molecule has 4 amide bonds. The van der Waals surface area contributed by atoms with Gasteiger partial charge in [-0.1, -0.05) is 96.6 Å². The number of amides is 4. The van der Waals surface area contributed by atoms with Crippen molar-refractivity contribution in [3.05, 3.63) is 77.9 Å². The standard InChI is InChI=1S/C97H150N8O31/c1-97(2,63-86(111)83(98)62-76-64-99-70-105-76)87(112)65-104-84(34-16-18-40-101-90(115)67-132-54-50-128-44-24-31-80(109)66-131-53-51-129-47-41-102-88(113)38-36-75(96(125)126)58-79(108)29-14-10-6-4-8-12-20-46-136-82-33-22-27-72(60-82)93(119)120)85(110)61-73(94(121)122)25-15-17-39-100-89(114)68-134-56-52-130-48-42-103-91(116)69-133-55-49-127-43-23-30-77(106)37-35-74(95(123)124)57-78(107)28-13-9-5-3-7-11-19-45-135-81-32-21-26-71(59-81)92(117)118/h21-22,26-27,32-33,59-60,64,70,73-75,83-84,104H,3-20,23-25,28-31,34-58,61-63,65-69,98H2,1-2H3,(H,99,105)(H,100,114)(H,101,115)(H,102,113)(H,103,116)(H,117,118)(H,119,120)(H,121,122)(H,123,124)(H,125,126)/t73-,74-,75-,83+,84+/m1/s1. The highest BCUT2D eigenvalue weighted by molar-refractivity contribution is 5.95. The third kappa shape index (κ3) is 62.5. The average molecular weight is 1920 g/mol. The Balaban J connectivity index is 1.19. The highest BCUT2D eigenvalue weighted by Gasteiger charge is 2.34. The van der Waals surface area contributed by atoms with E-state index in [1.54, 1.807) is 44.3 Å². The summed E-state index contributed by atoms with van der Waals surface area (Å²) in [5, 5.41) is 61.7. The number of ether oxygens (including phenoxy) is 10. The van der Waals surface area contributed by atoms with Crippen molar-refractivity contribution >= 4 is 94.0 Å². The summed E-state index contributed by atoms with van der Waals surface area (Å²) in [7, 11) is 0. The zero-order valence-corrected chi connectivity index (χ0v) is 79.5. The topological polar surface area (TPSA) is 581 Å². The minimum atomic E-state index is -1.20. The number of aromatic amines is 1. The molecule has 3 aromatic rings. The second-order valence-electron chi connectivity index (χ2n) is 34.3. The summed E-state index contributed by atoms with van der Waals surface area (Å²) in [6, 6.07) is 10.9. The van der Waals surface area contributed by atoms with Crippen molar-refractivity contribution in [2.75, 3.05) is 152 Å². The summed E-state index contributed by atoms with van der Waals surface area (Å²) >= 11 is 0. The zero-order valence-electron chi connectivity index (χ0n) is 79.5. The second kappa shape index (κ2) is 75.8. The Morgan fingerprint density at radius 3 is 1.25 bits per heavy atom. The van der Waals surface area contributed by atoms with Crippen LogP contribution < -0.4 is 41.8 Å². The van der Waals surface area contributed by atoms with Gasteiger partial charge >= 0.3 is 29.8 Å². The summed E-state index contributed by atoms with van der Waals surface area (Å²) in [6.07, 6.45) is 18.5. The second-order valence-corrected chi connectivity index (χ2v) is 34.3. The minimum Gasteiger partial charge on any atom is -0.494 e. The number of carboxylic acids is 5. The number of hydrogen-bond acceptors (Lipinski definition) is 29. The van der Waals surface area contributed by atoms with E-state index in [0.717, 1.165) is 77.0 Å². The Morgan fingerprint density at radius 1 is 0.382 bits per heavy atom. The Bertz CT molecular complexity index is 4000. The highest BCUT2D eigenvalue weighted by Crippen LogP contribution is 2.26. The predicted octanol–water partition coefficient (Wildman–Crippen LogP) is 8.77. The number of imidazole rings is 1. The van der Waals surface area contributed by atoms with Crippen LogP contribution in [0, 0.1) is 23.2 Å². The van der Waals surface area contributed by atoms with Crippen molar-refractivity contribution < 1.29 is 150 Å². The number of carboxylic acid groups (broad SMARTS) is 5. The van der Waals surface area contributed by atoms with Crippen LogP contribution in [0.3, 0.4) is 0 Å². The summed E-state index contributed by atoms with van der Waals surface area (Å²) < 4.78 is 54.9. The fourth-order valence-corrected chi connectivity index (χ4v) is 14.1. The van der Waals surface area contributed by atoms with Crippen LogP contribution in [0.15, 0.2) is 61.1 Å². The van der Waals surface area contributed by atoms with Crippen molar-refractivity contribution in [3.8, 4) is 11.5 Å². The number of Topliss-reactive ketones (excluding diaryl/α,β-unsaturated/α-hetero) is 7. The number of ketones is 7. The van der Waals surface area contributed by atoms with E-state index in [1.807, 2.05) is 0 Å². The monoisotopic (exact) mass is 1920 g/mol. The largest absolute Gasteiger partial charge is 0.494 e. The van der Waals surface area contributed by atoms with Crippen LogP contribution in [0.25, 0.3) is 0 Å². The van der Waals surface area contributed by atoms with Crippen LogP contribution in [0.2, 0.25) is 0 Å². The molecule has 0 fully saturated rings. The molecule has 13 N–H and O–H groups in total. The van der Waals surface area contributed by atoms with E-state index in [4.69, 9.17) is 63.3 Å². The number of carbonyl (C=O) groups is 16. The van der Waals surface area contributed by atoms with Crippen LogP contribution >= 0.6 is 0 Å². The first-order valence-electron chi connectivity index (χ1n) is 47.8. The quantitative estimate of drug-likeness (QED) is 0.0235. The summed E-state index contributed by atoms with van der Waals surface area (Å²) in [5.74, 6) is -10.7. The van der Waals surface area contributed by atoms with Gasteiger partial charge in [-0.15, -0.1) is 0 Å². The predicted molar refractivity (Wildman–Crippen MR) is 498 cm³/mol. The fourth-order valence-electron chi connectivity index (χ4n) is 14.1. The van der Waals surface area contributed by atoms with Gasteiger partial charge in [0.1, 0.15) is 55.3 Å². The van der Waals surface area contributed by atoms with Crippen molar-refractivity contribution in [2.24, 2.45) is 28.9 Å². The Morgan fingerprint density at radius 2 is 0.787 bits per heavy atom. The van der Waals surface area contributed by atoms with Crippen molar-refractivity contribution in [1.29, 1.82) is 0 Å². The zero-order chi connectivity index (χ0) is 99.6. The SMILES string of the molecule is CC(C)(CC(=O)[C@@H](N)Cc1cnc[nH]1)C(=O)CN[C@@H](CCCCNC(=O)COCCOCCCC(=O)COCCOCCNC(=O)CC[C@H](CC(=O)CCCCCCCCCOc1cccc(C(=O)O)c1)C(=O)O)C(=O)C[C@@H](CCCCNC(=O)COCCOCCNC(=O)COCCOCCCC(=O)CC[C@H](CC(=O)CCCCCCCCCOc1cccc(C(=O)O)c1)C(=O)O)C(=O)O. The van der Waals surface area contributed by atoms with E-state index in [-0.39, 0.29) is 286 Å². The van der Waals surface area contributed by atoms with E-state index < -0.39 is 82.7 Å². The van der Waals surface area contributed by atoms with E-state index in [1.165, 1.54) is 30.6 Å². The molecule has 0 aliphatic carbocycles. The molecule has 1 heterocycles. The average Bonchev–Trinajstić information content (AvgIpc) is 1.21. The van der Waals surface area contributed by atoms with E-state index >= 15 is 0 Å². The lowest BCUT2D eigenvalue weighted by Gasteiger charge is -2.26. The van der Waals surface area contributed by atoms with Crippen LogP contribution in [-0.2, 0) is 111 Å². The molecule has 0 saturated carbocycles. The van der Waals surface area contributed by atoms with Crippen LogP contribution in [0.5, 0.6) is 11.5 Å². The maximum atomic E-state index is 14.0. The van der Waals surface area contributed by atoms with E-state index in [0.29, 0.717) is 88.2 Å². The van der Waals surface area contributed by atoms with Gasteiger partial charge in [0.05, 0.1) is 133 Å². The van der Waals surface area contributed by atoms with Gasteiger partial charge in [-0.2, -0.15) is 0 Å². The van der Waals surface area contributed by atoms with Gasteiger partial charge in [0.15, 0.2) is 23.1 Å². The van der Waals surface area contributed by atoms with Crippen LogP contribution in [0.1, 0.15) is 259 Å². The molecule has 5 atom stereocenters. The van der Waals surface area contributed by atoms with E-state index in [2.05, 4.69) is 36.6 Å². The molecule has 0 aliphatic rings. The van der Waals surface area contributed by atoms with Gasteiger partial charge in [0.25, 0.3) is 0 Å². The number of carbonyl (C=O) groups excluding carboxylic acids is 11. The molecule has 0 aliphatic heterocycles. The number of aromatic carboxylic acids is 2. The molecule has 136 heavy (non-hydrogen) atoms. The molecule has 39 heteroatoms. The Kier molecular flexibility index (Phi) is 66.9. The first-order chi connectivity index (χ1) is 65.4. The number of nitrogens with zero attached hydrogens (tertiary/aromatic N) is 1. The number of nitrogens with two attached hydrogens (primary N) is 1. The van der Waals surface area contributed by atoms with Gasteiger partial charge in [-0.3, -0.25) is 67.1 Å². The molecule has 3 rings (SSSR count). The van der Waals surface area contributed by atoms with Gasteiger partial charge < -0.3 is 110 Å². The third-order valence-electron chi connectivity index (χ3n) is 22.1. The molecule has 0 spiro atoms. The molecular weight excluding hydrogens is 1770 g/mol. The molecule has 0 saturated heterocycles. The third-order valence-corrected chi connectivity index (χ3v) is 22.1. The molecule has 0 unspecified atom stereocenters. The fraction of sp³-hybridized carbons (Fsp3) is 0.680. The minimum absolute atomic E-state index is 0.0193. The number of aliphatic carboxylic acids is 3. The lowest BCUT2D eigenvalue weighted by Crippen LogP contribution is -2.45. The molecule has 1 aromatic heterocycles. The highest BCUT2D eigenvalue weighted by atomic mass is 16.5. The van der Waals surface area contributed by atoms with E-state index in [9.17, 15) is 92.0 Å². The van der Waals surface area contributed by atoms with Gasteiger partial charge in [0, 0.05) is 127 Å². The number of unbranched alkanes of at least 4 members (excludes halogenated alkanes) is 14. The van der Waals surface area contributed by atoms with Crippen molar-refractivity contribution in [2.45, 2.75) is 251 Å². The summed E-state index contributed by atoms with van der Waals surface area (Å²) in [4.78, 5) is 206. The normalized spacial score (nSPS) is 12.5. The van der Waals surface area contributed by atoms with Crippen LogP contribution in [-0.4, -0.2) is 293 Å². The maximum Gasteiger partial charge on any atom is 0.335 e. The summed E-state index contributed by atoms with van der Waals surface area (Å²) in [5.41, 5.74) is 6.00. The molecule has 39 nitrogen and oxygen atoms in total. The number of benzene rings is 2. The van der Waals surface area contributed by atoms with Gasteiger partial charge in [-0.05, 0) is 120 Å². The Hall–Kier alpha value is -10.2. The number of rotatable bonds is 93. The molecular formula is C97H150N8O31.